The van der Waals surface area contributed by atoms with Gasteiger partial charge >= 0.3 is 0 Å². The van der Waals surface area contributed by atoms with Crippen LogP contribution in [-0.2, 0) is 14.6 Å². The minimum absolute atomic E-state index is 0.0613. The van der Waals surface area contributed by atoms with E-state index >= 15 is 0 Å². The highest BCUT2D eigenvalue weighted by Crippen LogP contribution is 2.16. The number of rotatable bonds is 4. The minimum Gasteiger partial charge on any atom is -0.325 e. The summed E-state index contributed by atoms with van der Waals surface area (Å²) in [5.41, 5.74) is 0.451. The number of benzene rings is 1. The molecule has 0 aliphatic carbocycles. The van der Waals surface area contributed by atoms with E-state index in [2.05, 4.69) is 10.3 Å². The SMILES string of the molecule is O=C(CS(=O)(=O)c1nccs1)Nc1cccc(Cl)c1. The highest BCUT2D eigenvalue weighted by Gasteiger charge is 2.21. The number of nitrogens with zero attached hydrogens (tertiary/aromatic N) is 1. The van der Waals surface area contributed by atoms with E-state index in [0.29, 0.717) is 10.7 Å². The third-order valence-electron chi connectivity index (χ3n) is 2.11. The van der Waals surface area contributed by atoms with E-state index in [1.807, 2.05) is 0 Å². The van der Waals surface area contributed by atoms with Crippen LogP contribution in [0.2, 0.25) is 5.02 Å². The van der Waals surface area contributed by atoms with Crippen LogP contribution in [0.5, 0.6) is 0 Å². The molecule has 0 radical (unpaired) electrons. The molecule has 5 nitrogen and oxygen atoms in total. The number of carbonyl (C=O) groups excluding carboxylic acids is 1. The number of hydrogen-bond donors (Lipinski definition) is 1. The van der Waals surface area contributed by atoms with E-state index in [1.54, 1.807) is 23.6 Å². The number of hydrogen-bond acceptors (Lipinski definition) is 5. The van der Waals surface area contributed by atoms with E-state index in [0.717, 1.165) is 11.3 Å². The maximum absolute atomic E-state index is 11.8. The summed E-state index contributed by atoms with van der Waals surface area (Å²) in [5, 5.41) is 4.48. The monoisotopic (exact) mass is 316 g/mol. The van der Waals surface area contributed by atoms with Crippen molar-refractivity contribution in [1.29, 1.82) is 0 Å². The van der Waals surface area contributed by atoms with E-state index in [1.165, 1.54) is 12.3 Å². The van der Waals surface area contributed by atoms with Crippen LogP contribution in [0.25, 0.3) is 0 Å². The summed E-state index contributed by atoms with van der Waals surface area (Å²) in [7, 11) is -3.68. The van der Waals surface area contributed by atoms with Gasteiger partial charge in [-0.25, -0.2) is 13.4 Å². The van der Waals surface area contributed by atoms with E-state index in [9.17, 15) is 13.2 Å². The molecule has 0 aliphatic rings. The molecule has 1 heterocycles. The van der Waals surface area contributed by atoms with Crippen molar-refractivity contribution in [1.82, 2.24) is 4.98 Å². The Hall–Kier alpha value is -1.44. The molecule has 1 aromatic carbocycles. The van der Waals surface area contributed by atoms with Crippen LogP contribution < -0.4 is 5.32 Å². The Kier molecular flexibility index (Phi) is 4.18. The Morgan fingerprint density at radius 3 is 2.84 bits per heavy atom. The van der Waals surface area contributed by atoms with Crippen LogP contribution in [0.4, 0.5) is 5.69 Å². The topological polar surface area (TPSA) is 76.1 Å². The highest BCUT2D eigenvalue weighted by molar-refractivity contribution is 7.94. The van der Waals surface area contributed by atoms with Crippen molar-refractivity contribution in [3.8, 4) is 0 Å². The maximum atomic E-state index is 11.8. The average molecular weight is 317 g/mol. The second-order valence-corrected chi connectivity index (χ2v) is 7.11. The summed E-state index contributed by atoms with van der Waals surface area (Å²) in [4.78, 5) is 15.4. The van der Waals surface area contributed by atoms with Crippen molar-refractivity contribution in [2.45, 2.75) is 4.34 Å². The third kappa shape index (κ3) is 3.76. The smallest absolute Gasteiger partial charge is 0.240 e. The molecule has 0 fully saturated rings. The van der Waals surface area contributed by atoms with Gasteiger partial charge in [0.1, 0.15) is 5.75 Å². The number of thiazole rings is 1. The molecule has 1 amide bonds. The molecule has 2 aromatic rings. The predicted octanol–water partition coefficient (Wildman–Crippen LogP) is 2.21. The number of amides is 1. The van der Waals surface area contributed by atoms with Gasteiger partial charge < -0.3 is 5.32 Å². The Morgan fingerprint density at radius 1 is 1.42 bits per heavy atom. The summed E-state index contributed by atoms with van der Waals surface area (Å²) >= 11 is 6.75. The summed E-state index contributed by atoms with van der Waals surface area (Å²) < 4.78 is 23.6. The molecule has 1 N–H and O–H groups in total. The van der Waals surface area contributed by atoms with Crippen LogP contribution in [0.3, 0.4) is 0 Å². The van der Waals surface area contributed by atoms with Gasteiger partial charge in [-0.2, -0.15) is 0 Å². The minimum atomic E-state index is -3.68. The lowest BCUT2D eigenvalue weighted by Gasteiger charge is -2.05. The van der Waals surface area contributed by atoms with Gasteiger partial charge in [-0.1, -0.05) is 17.7 Å². The van der Waals surface area contributed by atoms with Crippen molar-refractivity contribution in [3.63, 3.8) is 0 Å². The van der Waals surface area contributed by atoms with Crippen LogP contribution >= 0.6 is 22.9 Å². The number of anilines is 1. The first-order valence-electron chi connectivity index (χ1n) is 5.15. The van der Waals surface area contributed by atoms with E-state index < -0.39 is 21.5 Å². The molecule has 0 aliphatic heterocycles. The lowest BCUT2D eigenvalue weighted by atomic mass is 10.3. The van der Waals surface area contributed by atoms with E-state index in [4.69, 9.17) is 11.6 Å². The summed E-state index contributed by atoms with van der Waals surface area (Å²) in [6.07, 6.45) is 1.38. The Morgan fingerprint density at radius 2 is 2.21 bits per heavy atom. The van der Waals surface area contributed by atoms with Crippen molar-refractivity contribution in [2.75, 3.05) is 11.1 Å². The molecule has 0 saturated carbocycles. The van der Waals surface area contributed by atoms with Gasteiger partial charge in [-0.3, -0.25) is 4.79 Å². The van der Waals surface area contributed by atoms with Crippen LogP contribution in [-0.4, -0.2) is 25.1 Å². The van der Waals surface area contributed by atoms with Gasteiger partial charge in [-0.05, 0) is 18.2 Å². The Labute approximate surface area is 119 Å². The first-order valence-corrected chi connectivity index (χ1v) is 8.06. The average Bonchev–Trinajstić information content (AvgIpc) is 2.81. The van der Waals surface area contributed by atoms with Crippen LogP contribution in [0, 0.1) is 0 Å². The Bertz CT molecular complexity index is 684. The number of sulfone groups is 1. The zero-order chi connectivity index (χ0) is 13.9. The zero-order valence-corrected chi connectivity index (χ0v) is 11.9. The molecule has 0 saturated heterocycles. The lowest BCUT2D eigenvalue weighted by molar-refractivity contribution is -0.113. The molecule has 0 atom stereocenters. The Balaban J connectivity index is 2.06. The fourth-order valence-corrected chi connectivity index (χ4v) is 3.60. The number of nitrogens with one attached hydrogen (secondary N) is 1. The van der Waals surface area contributed by atoms with E-state index in [-0.39, 0.29) is 4.34 Å². The second kappa shape index (κ2) is 5.68. The van der Waals surface area contributed by atoms with Crippen molar-refractivity contribution >= 4 is 44.4 Å². The zero-order valence-electron chi connectivity index (χ0n) is 9.54. The molecule has 19 heavy (non-hydrogen) atoms. The summed E-state index contributed by atoms with van der Waals surface area (Å²) in [6, 6.07) is 6.48. The van der Waals surface area contributed by atoms with Crippen LogP contribution in [0.15, 0.2) is 40.2 Å². The second-order valence-electron chi connectivity index (χ2n) is 3.62. The van der Waals surface area contributed by atoms with Crippen LogP contribution in [0.1, 0.15) is 0 Å². The van der Waals surface area contributed by atoms with Gasteiger partial charge in [-0.15, -0.1) is 11.3 Å². The van der Waals surface area contributed by atoms with Gasteiger partial charge in [0.15, 0.2) is 0 Å². The molecule has 2 rings (SSSR count). The molecule has 0 spiro atoms. The van der Waals surface area contributed by atoms with Gasteiger partial charge in [0.2, 0.25) is 20.1 Å². The van der Waals surface area contributed by atoms with Crippen molar-refractivity contribution < 1.29 is 13.2 Å². The maximum Gasteiger partial charge on any atom is 0.240 e. The molecule has 0 bridgehead atoms. The first-order chi connectivity index (χ1) is 8.97. The fourth-order valence-electron chi connectivity index (χ4n) is 1.36. The lowest BCUT2D eigenvalue weighted by Crippen LogP contribution is -2.22. The summed E-state index contributed by atoms with van der Waals surface area (Å²) in [5.74, 6) is -1.27. The molecule has 1 aromatic heterocycles. The number of halogens is 1. The number of carbonyl (C=O) groups is 1. The number of aromatic nitrogens is 1. The van der Waals surface area contributed by atoms with Gasteiger partial charge in [0, 0.05) is 22.3 Å². The quantitative estimate of drug-likeness (QED) is 0.938. The molecular weight excluding hydrogens is 308 g/mol. The molecule has 0 unspecified atom stereocenters. The first kappa shape index (κ1) is 14.0. The normalized spacial score (nSPS) is 11.2. The molecular formula is C11H9ClN2O3S2. The van der Waals surface area contributed by atoms with Gasteiger partial charge in [0.05, 0.1) is 0 Å². The largest absolute Gasteiger partial charge is 0.325 e. The third-order valence-corrected chi connectivity index (χ3v) is 5.24. The van der Waals surface area contributed by atoms with Crippen molar-refractivity contribution in [2.24, 2.45) is 0 Å². The van der Waals surface area contributed by atoms with Gasteiger partial charge in [0.25, 0.3) is 0 Å². The molecule has 8 heteroatoms. The van der Waals surface area contributed by atoms with Crippen molar-refractivity contribution in [3.05, 3.63) is 40.9 Å². The summed E-state index contributed by atoms with van der Waals surface area (Å²) in [6.45, 7) is 0. The highest BCUT2D eigenvalue weighted by atomic mass is 35.5. The standard InChI is InChI=1S/C11H9ClN2O3S2/c12-8-2-1-3-9(6-8)14-10(15)7-19(16,17)11-13-4-5-18-11/h1-6H,7H2,(H,14,15). The predicted molar refractivity (Wildman–Crippen MR) is 74.2 cm³/mol. The fraction of sp³-hybridized carbons (Fsp3) is 0.0909. The molecule has 100 valence electrons.